The molecule has 0 radical (unpaired) electrons. The van der Waals surface area contributed by atoms with Crippen molar-refractivity contribution in [1.82, 2.24) is 0 Å². The number of hydrogen-bond acceptors (Lipinski definition) is 3. The summed E-state index contributed by atoms with van der Waals surface area (Å²) in [5, 5.41) is 0. The molecule has 19 heavy (non-hydrogen) atoms. The van der Waals surface area contributed by atoms with E-state index in [0.717, 1.165) is 5.56 Å². The maximum atomic E-state index is 11.3. The number of aliphatic imine (C=N–C) groups is 1. The summed E-state index contributed by atoms with van der Waals surface area (Å²) in [5.74, 6) is 0.474. The second-order valence-electron chi connectivity index (χ2n) is 6.21. The average molecular weight is 279 g/mol. The van der Waals surface area contributed by atoms with Crippen LogP contribution in [0.1, 0.15) is 38.3 Å². The number of hydrogen-bond donors (Lipinski definition) is 0. The first kappa shape index (κ1) is 14.3. The molecule has 1 aliphatic heterocycles. The summed E-state index contributed by atoms with van der Waals surface area (Å²) in [5.41, 5.74) is 2.46. The van der Waals surface area contributed by atoms with Crippen LogP contribution in [0.15, 0.2) is 29.3 Å². The molecule has 1 fully saturated rings. The van der Waals surface area contributed by atoms with Gasteiger partial charge in [0.1, 0.15) is 0 Å². The number of rotatable bonds is 2. The van der Waals surface area contributed by atoms with E-state index in [-0.39, 0.29) is 23.0 Å². The fourth-order valence-electron chi connectivity index (χ4n) is 2.15. The highest BCUT2D eigenvalue weighted by molar-refractivity contribution is 7.91. The van der Waals surface area contributed by atoms with E-state index in [1.54, 1.807) is 6.21 Å². The van der Waals surface area contributed by atoms with Crippen LogP contribution in [-0.4, -0.2) is 32.2 Å². The Bertz CT molecular complexity index is 565. The molecular formula is C15H21NO2S. The lowest BCUT2D eigenvalue weighted by Gasteiger charge is -2.18. The van der Waals surface area contributed by atoms with Crippen LogP contribution in [0.4, 0.5) is 0 Å². The minimum absolute atomic E-state index is 0.0627. The van der Waals surface area contributed by atoms with Gasteiger partial charge in [-0.25, -0.2) is 8.42 Å². The second kappa shape index (κ2) is 5.08. The Morgan fingerprint density at radius 1 is 1.21 bits per heavy atom. The van der Waals surface area contributed by atoms with Crippen molar-refractivity contribution in [1.29, 1.82) is 0 Å². The van der Waals surface area contributed by atoms with Crippen LogP contribution in [0.3, 0.4) is 0 Å². The molecule has 4 heteroatoms. The lowest BCUT2D eigenvalue weighted by atomic mass is 9.87. The SMILES string of the molecule is CC(C)(C)c1ccc(C=N[C@@H]2CCS(=O)(=O)C2)cc1. The van der Waals surface area contributed by atoms with Crippen LogP contribution in [0, 0.1) is 0 Å². The predicted molar refractivity (Wildman–Crippen MR) is 79.8 cm³/mol. The lowest BCUT2D eigenvalue weighted by molar-refractivity contribution is 0.590. The molecule has 1 aromatic carbocycles. The van der Waals surface area contributed by atoms with Gasteiger partial charge in [-0.05, 0) is 23.0 Å². The van der Waals surface area contributed by atoms with Gasteiger partial charge in [-0.1, -0.05) is 45.0 Å². The van der Waals surface area contributed by atoms with Crippen LogP contribution in [-0.2, 0) is 15.3 Å². The summed E-state index contributed by atoms with van der Waals surface area (Å²) >= 11 is 0. The Hall–Kier alpha value is -1.16. The van der Waals surface area contributed by atoms with Crippen molar-refractivity contribution < 1.29 is 8.42 Å². The zero-order valence-corrected chi connectivity index (χ0v) is 12.6. The predicted octanol–water partition coefficient (Wildman–Crippen LogP) is 2.59. The summed E-state index contributed by atoms with van der Waals surface area (Å²) in [6.07, 6.45) is 2.44. The molecule has 0 bridgehead atoms. The zero-order chi connectivity index (χ0) is 14.1. The van der Waals surface area contributed by atoms with Gasteiger partial charge in [0.25, 0.3) is 0 Å². The number of benzene rings is 1. The molecule has 2 rings (SSSR count). The van der Waals surface area contributed by atoms with Crippen molar-refractivity contribution in [2.45, 2.75) is 38.6 Å². The van der Waals surface area contributed by atoms with Gasteiger partial charge >= 0.3 is 0 Å². The Morgan fingerprint density at radius 3 is 2.32 bits per heavy atom. The molecule has 104 valence electrons. The van der Waals surface area contributed by atoms with Gasteiger partial charge in [0, 0.05) is 6.21 Å². The molecule has 0 saturated carbocycles. The van der Waals surface area contributed by atoms with E-state index in [2.05, 4.69) is 37.9 Å². The van der Waals surface area contributed by atoms with Gasteiger partial charge in [-0.2, -0.15) is 0 Å². The van der Waals surface area contributed by atoms with Gasteiger partial charge in [0.2, 0.25) is 0 Å². The first-order valence-electron chi connectivity index (χ1n) is 6.60. The molecule has 0 unspecified atom stereocenters. The molecule has 1 atom stereocenters. The van der Waals surface area contributed by atoms with E-state index in [9.17, 15) is 8.42 Å². The van der Waals surface area contributed by atoms with Crippen molar-refractivity contribution in [3.8, 4) is 0 Å². The van der Waals surface area contributed by atoms with Crippen LogP contribution in [0.2, 0.25) is 0 Å². The Labute approximate surface area is 115 Å². The number of sulfone groups is 1. The van der Waals surface area contributed by atoms with E-state index in [1.807, 2.05) is 12.1 Å². The molecule has 0 aromatic heterocycles. The summed E-state index contributed by atoms with van der Waals surface area (Å²) < 4.78 is 22.7. The number of nitrogens with zero attached hydrogens (tertiary/aromatic N) is 1. The minimum Gasteiger partial charge on any atom is -0.288 e. The van der Waals surface area contributed by atoms with Crippen molar-refractivity contribution in [3.63, 3.8) is 0 Å². The largest absolute Gasteiger partial charge is 0.288 e. The quantitative estimate of drug-likeness (QED) is 0.781. The topological polar surface area (TPSA) is 46.5 Å². The highest BCUT2D eigenvalue weighted by Gasteiger charge is 2.26. The fourth-order valence-corrected chi connectivity index (χ4v) is 3.79. The highest BCUT2D eigenvalue weighted by Crippen LogP contribution is 2.22. The van der Waals surface area contributed by atoms with Crippen LogP contribution < -0.4 is 0 Å². The molecule has 0 amide bonds. The average Bonchev–Trinajstić information content (AvgIpc) is 2.66. The van der Waals surface area contributed by atoms with E-state index in [1.165, 1.54) is 5.56 Å². The summed E-state index contributed by atoms with van der Waals surface area (Å²) in [6.45, 7) is 6.54. The summed E-state index contributed by atoms with van der Waals surface area (Å²) in [7, 11) is -2.84. The summed E-state index contributed by atoms with van der Waals surface area (Å²) in [6, 6.07) is 8.22. The Morgan fingerprint density at radius 2 is 1.84 bits per heavy atom. The van der Waals surface area contributed by atoms with Crippen LogP contribution >= 0.6 is 0 Å². The van der Waals surface area contributed by atoms with Crippen LogP contribution in [0.25, 0.3) is 0 Å². The zero-order valence-electron chi connectivity index (χ0n) is 11.8. The van der Waals surface area contributed by atoms with E-state index in [4.69, 9.17) is 0 Å². The third-order valence-corrected chi connectivity index (χ3v) is 5.17. The Kier molecular flexibility index (Phi) is 3.81. The van der Waals surface area contributed by atoms with Gasteiger partial charge in [-0.15, -0.1) is 0 Å². The maximum absolute atomic E-state index is 11.3. The molecule has 0 N–H and O–H groups in total. The molecule has 1 aromatic rings. The van der Waals surface area contributed by atoms with Gasteiger partial charge in [0.05, 0.1) is 17.5 Å². The molecule has 1 aliphatic rings. The summed E-state index contributed by atoms with van der Waals surface area (Å²) in [4.78, 5) is 4.38. The second-order valence-corrected chi connectivity index (χ2v) is 8.44. The standard InChI is InChI=1S/C15H21NO2S/c1-15(2,3)13-6-4-12(5-7-13)10-16-14-8-9-19(17,18)11-14/h4-7,10,14H,8-9,11H2,1-3H3/t14-/m1/s1. The smallest absolute Gasteiger partial charge is 0.152 e. The lowest BCUT2D eigenvalue weighted by Crippen LogP contribution is -2.10. The molecule has 0 aliphatic carbocycles. The Balaban J connectivity index is 2.04. The normalized spacial score (nSPS) is 23.0. The third kappa shape index (κ3) is 3.90. The van der Waals surface area contributed by atoms with E-state index >= 15 is 0 Å². The monoisotopic (exact) mass is 279 g/mol. The van der Waals surface area contributed by atoms with Gasteiger partial charge < -0.3 is 0 Å². The van der Waals surface area contributed by atoms with Crippen molar-refractivity contribution in [3.05, 3.63) is 35.4 Å². The van der Waals surface area contributed by atoms with Crippen LogP contribution in [0.5, 0.6) is 0 Å². The first-order valence-corrected chi connectivity index (χ1v) is 8.42. The van der Waals surface area contributed by atoms with Gasteiger partial charge in [0.15, 0.2) is 9.84 Å². The van der Waals surface area contributed by atoms with Gasteiger partial charge in [-0.3, -0.25) is 4.99 Å². The fraction of sp³-hybridized carbons (Fsp3) is 0.533. The first-order chi connectivity index (χ1) is 8.76. The molecule has 0 spiro atoms. The van der Waals surface area contributed by atoms with Crippen molar-refractivity contribution >= 4 is 16.1 Å². The van der Waals surface area contributed by atoms with Crippen molar-refractivity contribution in [2.24, 2.45) is 4.99 Å². The van der Waals surface area contributed by atoms with Crippen molar-refractivity contribution in [2.75, 3.05) is 11.5 Å². The van der Waals surface area contributed by atoms with E-state index in [0.29, 0.717) is 6.42 Å². The minimum atomic E-state index is -2.84. The highest BCUT2D eigenvalue weighted by atomic mass is 32.2. The third-order valence-electron chi connectivity index (χ3n) is 3.42. The molecule has 3 nitrogen and oxygen atoms in total. The van der Waals surface area contributed by atoms with E-state index < -0.39 is 9.84 Å². The molecule has 1 heterocycles. The molecular weight excluding hydrogens is 258 g/mol. The maximum Gasteiger partial charge on any atom is 0.152 e. The molecule has 1 saturated heterocycles.